The van der Waals surface area contributed by atoms with Crippen LogP contribution in [0.1, 0.15) is 18.4 Å². The zero-order valence-electron chi connectivity index (χ0n) is 15.7. The number of carbonyl (C=O) groups is 2. The van der Waals surface area contributed by atoms with Crippen LogP contribution in [0.3, 0.4) is 0 Å². The van der Waals surface area contributed by atoms with E-state index in [-0.39, 0.29) is 24.3 Å². The molecule has 3 aromatic rings. The Morgan fingerprint density at radius 2 is 1.97 bits per heavy atom. The number of hydrogen-bond donors (Lipinski definition) is 2. The van der Waals surface area contributed by atoms with Crippen molar-refractivity contribution in [2.45, 2.75) is 19.4 Å². The number of aromatic nitrogens is 3. The lowest BCUT2D eigenvalue weighted by atomic mass is 10.2. The third-order valence-corrected chi connectivity index (χ3v) is 4.51. The van der Waals surface area contributed by atoms with Gasteiger partial charge >= 0.3 is 0 Å². The first-order chi connectivity index (χ1) is 14.2. The van der Waals surface area contributed by atoms with E-state index in [4.69, 9.17) is 4.74 Å². The summed E-state index contributed by atoms with van der Waals surface area (Å²) < 4.78 is 7.28. The molecule has 0 radical (unpaired) electrons. The summed E-state index contributed by atoms with van der Waals surface area (Å²) in [5, 5.41) is 9.82. The average molecular weight is 391 g/mol. The van der Waals surface area contributed by atoms with Gasteiger partial charge in [-0.25, -0.2) is 9.67 Å². The van der Waals surface area contributed by atoms with Crippen molar-refractivity contribution in [2.24, 2.45) is 5.92 Å². The van der Waals surface area contributed by atoms with Crippen LogP contribution >= 0.6 is 0 Å². The van der Waals surface area contributed by atoms with Crippen LogP contribution in [0.5, 0.6) is 5.75 Å². The van der Waals surface area contributed by atoms with Crippen molar-refractivity contribution in [3.63, 3.8) is 0 Å². The van der Waals surface area contributed by atoms with Gasteiger partial charge in [0.25, 0.3) is 5.91 Å². The van der Waals surface area contributed by atoms with Crippen LogP contribution in [-0.2, 0) is 16.1 Å². The molecule has 0 saturated heterocycles. The summed E-state index contributed by atoms with van der Waals surface area (Å²) in [6, 6.07) is 14.6. The van der Waals surface area contributed by atoms with Gasteiger partial charge in [0.15, 0.2) is 6.61 Å². The molecule has 1 heterocycles. The summed E-state index contributed by atoms with van der Waals surface area (Å²) in [5.74, 6) is 0.403. The Labute approximate surface area is 167 Å². The summed E-state index contributed by atoms with van der Waals surface area (Å²) in [5.41, 5.74) is 2.27. The number of nitrogens with zero attached hydrogens (tertiary/aromatic N) is 3. The van der Waals surface area contributed by atoms with Gasteiger partial charge in [-0.3, -0.25) is 9.59 Å². The van der Waals surface area contributed by atoms with Crippen LogP contribution < -0.4 is 15.4 Å². The quantitative estimate of drug-likeness (QED) is 0.615. The maximum Gasteiger partial charge on any atom is 0.262 e. The summed E-state index contributed by atoms with van der Waals surface area (Å²) >= 11 is 0. The Hall–Kier alpha value is -3.68. The van der Waals surface area contributed by atoms with E-state index in [9.17, 15) is 9.59 Å². The number of nitrogens with one attached hydrogen (secondary N) is 2. The predicted molar refractivity (Wildman–Crippen MR) is 107 cm³/mol. The molecule has 2 amide bonds. The third kappa shape index (κ3) is 5.19. The number of anilines is 2. The summed E-state index contributed by atoms with van der Waals surface area (Å²) in [7, 11) is 0. The number of hydrogen-bond acceptors (Lipinski definition) is 5. The van der Waals surface area contributed by atoms with Crippen molar-refractivity contribution in [3.8, 4) is 5.75 Å². The largest absolute Gasteiger partial charge is 0.484 e. The minimum absolute atomic E-state index is 0.0314. The van der Waals surface area contributed by atoms with Crippen LogP contribution in [0.4, 0.5) is 11.4 Å². The molecular formula is C21H21N5O3. The molecular weight excluding hydrogens is 370 g/mol. The molecule has 0 spiro atoms. The average Bonchev–Trinajstić information content (AvgIpc) is 3.46. The van der Waals surface area contributed by atoms with Gasteiger partial charge in [-0.2, -0.15) is 5.10 Å². The summed E-state index contributed by atoms with van der Waals surface area (Å²) in [6.45, 7) is 0.359. The molecule has 0 atom stereocenters. The van der Waals surface area contributed by atoms with E-state index in [1.54, 1.807) is 35.3 Å². The minimum Gasteiger partial charge on any atom is -0.484 e. The molecule has 0 bridgehead atoms. The molecule has 1 aliphatic carbocycles. The van der Waals surface area contributed by atoms with Gasteiger partial charge in [0.2, 0.25) is 5.91 Å². The number of para-hydroxylation sites is 1. The first-order valence-electron chi connectivity index (χ1n) is 9.41. The van der Waals surface area contributed by atoms with E-state index < -0.39 is 0 Å². The van der Waals surface area contributed by atoms with Crippen molar-refractivity contribution in [1.29, 1.82) is 0 Å². The molecule has 1 aliphatic rings. The van der Waals surface area contributed by atoms with Crippen LogP contribution in [0.15, 0.2) is 61.2 Å². The first-order valence-corrected chi connectivity index (χ1v) is 9.41. The summed E-state index contributed by atoms with van der Waals surface area (Å²) in [6.07, 6.45) is 4.98. The first kappa shape index (κ1) is 18.7. The van der Waals surface area contributed by atoms with E-state index in [0.29, 0.717) is 23.7 Å². The molecule has 2 N–H and O–H groups in total. The Kier molecular flexibility index (Phi) is 5.51. The standard InChI is InChI=1S/C21H21N5O3/c27-20(25-19-7-2-1-4-16(19)11-26-14-22-13-23-26)12-29-18-6-3-5-17(10-18)24-21(28)15-8-9-15/h1-7,10,13-15H,8-9,11-12H2,(H,24,28)(H,25,27). The lowest BCUT2D eigenvalue weighted by Crippen LogP contribution is -2.21. The van der Waals surface area contributed by atoms with Gasteiger partial charge in [-0.1, -0.05) is 24.3 Å². The maximum absolute atomic E-state index is 12.4. The van der Waals surface area contributed by atoms with Gasteiger partial charge in [-0.15, -0.1) is 0 Å². The zero-order valence-corrected chi connectivity index (χ0v) is 15.7. The Bertz CT molecular complexity index is 999. The predicted octanol–water partition coefficient (Wildman–Crippen LogP) is 2.69. The molecule has 8 heteroatoms. The van der Waals surface area contributed by atoms with E-state index in [2.05, 4.69) is 20.7 Å². The fraction of sp³-hybridized carbons (Fsp3) is 0.238. The number of amides is 2. The molecule has 148 valence electrons. The SMILES string of the molecule is O=C(COc1cccc(NC(=O)C2CC2)c1)Nc1ccccc1Cn1cncn1. The van der Waals surface area contributed by atoms with Crippen molar-refractivity contribution in [1.82, 2.24) is 14.8 Å². The van der Waals surface area contributed by atoms with E-state index >= 15 is 0 Å². The van der Waals surface area contributed by atoms with Gasteiger partial charge in [0.1, 0.15) is 18.4 Å². The molecule has 8 nitrogen and oxygen atoms in total. The van der Waals surface area contributed by atoms with E-state index in [0.717, 1.165) is 18.4 Å². The van der Waals surface area contributed by atoms with Crippen LogP contribution in [0.25, 0.3) is 0 Å². The normalized spacial score (nSPS) is 13.0. The highest BCUT2D eigenvalue weighted by atomic mass is 16.5. The van der Waals surface area contributed by atoms with Crippen molar-refractivity contribution in [3.05, 3.63) is 66.7 Å². The molecule has 2 aromatic carbocycles. The van der Waals surface area contributed by atoms with Crippen molar-refractivity contribution >= 4 is 23.2 Å². The topological polar surface area (TPSA) is 98.1 Å². The highest BCUT2D eigenvalue weighted by Gasteiger charge is 2.29. The van der Waals surface area contributed by atoms with E-state index in [1.165, 1.54) is 6.33 Å². The number of rotatable bonds is 8. The molecule has 1 saturated carbocycles. The molecule has 4 rings (SSSR count). The van der Waals surface area contributed by atoms with Crippen LogP contribution in [-0.4, -0.2) is 33.2 Å². The highest BCUT2D eigenvalue weighted by Crippen LogP contribution is 2.30. The maximum atomic E-state index is 12.4. The number of carbonyl (C=O) groups excluding carboxylic acids is 2. The van der Waals surface area contributed by atoms with Gasteiger partial charge in [0, 0.05) is 23.4 Å². The van der Waals surface area contributed by atoms with E-state index in [1.807, 2.05) is 24.3 Å². The fourth-order valence-corrected chi connectivity index (χ4v) is 2.86. The molecule has 1 fully saturated rings. The van der Waals surface area contributed by atoms with Gasteiger partial charge in [-0.05, 0) is 36.6 Å². The molecule has 0 aliphatic heterocycles. The van der Waals surface area contributed by atoms with Crippen molar-refractivity contribution < 1.29 is 14.3 Å². The second-order valence-corrected chi connectivity index (χ2v) is 6.88. The Morgan fingerprint density at radius 1 is 1.10 bits per heavy atom. The van der Waals surface area contributed by atoms with Crippen LogP contribution in [0.2, 0.25) is 0 Å². The third-order valence-electron chi connectivity index (χ3n) is 4.51. The Morgan fingerprint density at radius 3 is 2.76 bits per heavy atom. The minimum atomic E-state index is -0.275. The monoisotopic (exact) mass is 391 g/mol. The van der Waals surface area contributed by atoms with Crippen LogP contribution in [0, 0.1) is 5.92 Å². The second-order valence-electron chi connectivity index (χ2n) is 6.88. The summed E-state index contributed by atoms with van der Waals surface area (Å²) in [4.78, 5) is 28.2. The lowest BCUT2D eigenvalue weighted by Gasteiger charge is -2.12. The Balaban J connectivity index is 1.33. The lowest BCUT2D eigenvalue weighted by molar-refractivity contribution is -0.118. The zero-order chi connectivity index (χ0) is 20.1. The fourth-order valence-electron chi connectivity index (χ4n) is 2.86. The molecule has 29 heavy (non-hydrogen) atoms. The molecule has 0 unspecified atom stereocenters. The number of ether oxygens (including phenoxy) is 1. The van der Waals surface area contributed by atoms with Crippen molar-refractivity contribution in [2.75, 3.05) is 17.2 Å². The smallest absolute Gasteiger partial charge is 0.262 e. The van der Waals surface area contributed by atoms with Gasteiger partial charge < -0.3 is 15.4 Å². The number of benzene rings is 2. The highest BCUT2D eigenvalue weighted by molar-refractivity contribution is 5.94. The molecule has 1 aromatic heterocycles. The van der Waals surface area contributed by atoms with Gasteiger partial charge in [0.05, 0.1) is 6.54 Å². The second kappa shape index (κ2) is 8.55.